The van der Waals surface area contributed by atoms with Gasteiger partial charge < -0.3 is 0 Å². The molecule has 0 spiro atoms. The molecule has 1 saturated carbocycles. The molecule has 0 atom stereocenters. The monoisotopic (exact) mass is 479 g/mol. The lowest BCUT2D eigenvalue weighted by molar-refractivity contribution is -0.118. The standard InChI is InChI=1S/C25H29N5OS2/c1-18-8-12-20(13-9-18)24-28-29-25(30(24)21-6-4-3-5-7-21)33-17-23(31)27-26-16-19-10-14-22(32-2)15-11-19/h8-16,21H,3-7,17H2,1-2H3,(H,27,31)/b26-16+. The summed E-state index contributed by atoms with van der Waals surface area (Å²) in [5.74, 6) is 0.963. The van der Waals surface area contributed by atoms with E-state index in [-0.39, 0.29) is 11.7 Å². The first-order valence-corrected chi connectivity index (χ1v) is 13.5. The number of aryl methyl sites for hydroxylation is 1. The van der Waals surface area contributed by atoms with Crippen LogP contribution in [0.1, 0.15) is 49.3 Å². The third-order valence-corrected chi connectivity index (χ3v) is 7.45. The van der Waals surface area contributed by atoms with E-state index in [0.29, 0.717) is 6.04 Å². The molecule has 33 heavy (non-hydrogen) atoms. The maximum Gasteiger partial charge on any atom is 0.250 e. The molecule has 1 aromatic heterocycles. The first-order valence-electron chi connectivity index (χ1n) is 11.2. The van der Waals surface area contributed by atoms with Crippen molar-refractivity contribution in [3.05, 3.63) is 59.7 Å². The van der Waals surface area contributed by atoms with E-state index in [1.54, 1.807) is 18.0 Å². The summed E-state index contributed by atoms with van der Waals surface area (Å²) in [5.41, 5.74) is 5.84. The highest BCUT2D eigenvalue weighted by molar-refractivity contribution is 7.99. The lowest BCUT2D eigenvalue weighted by Crippen LogP contribution is -2.20. The summed E-state index contributed by atoms with van der Waals surface area (Å²) < 4.78 is 2.25. The van der Waals surface area contributed by atoms with Gasteiger partial charge in [-0.3, -0.25) is 9.36 Å². The fourth-order valence-corrected chi connectivity index (χ4v) is 5.18. The number of carbonyl (C=O) groups excluding carboxylic acids is 1. The molecule has 3 aromatic rings. The summed E-state index contributed by atoms with van der Waals surface area (Å²) in [5, 5.41) is 13.9. The van der Waals surface area contributed by atoms with E-state index in [1.807, 2.05) is 30.5 Å². The summed E-state index contributed by atoms with van der Waals surface area (Å²) >= 11 is 3.11. The molecule has 172 valence electrons. The number of thioether (sulfide) groups is 2. The van der Waals surface area contributed by atoms with Crippen molar-refractivity contribution in [3.8, 4) is 11.4 Å². The zero-order chi connectivity index (χ0) is 23.0. The molecule has 1 aliphatic rings. The summed E-state index contributed by atoms with van der Waals surface area (Å²) in [7, 11) is 0. The molecule has 8 heteroatoms. The SMILES string of the molecule is CSc1ccc(/C=N/NC(=O)CSc2nnc(-c3ccc(C)cc3)n2C2CCCCC2)cc1. The van der Waals surface area contributed by atoms with Gasteiger partial charge in [-0.15, -0.1) is 22.0 Å². The Bertz CT molecular complexity index is 1090. The number of hydrazone groups is 1. The van der Waals surface area contributed by atoms with E-state index in [2.05, 4.69) is 56.5 Å². The zero-order valence-corrected chi connectivity index (χ0v) is 20.7. The second-order valence-electron chi connectivity index (χ2n) is 8.19. The van der Waals surface area contributed by atoms with Gasteiger partial charge in [0.15, 0.2) is 11.0 Å². The Labute approximate surface area is 203 Å². The van der Waals surface area contributed by atoms with E-state index in [0.717, 1.165) is 34.9 Å². The average Bonchev–Trinajstić information content (AvgIpc) is 3.28. The molecule has 0 aliphatic heterocycles. The van der Waals surface area contributed by atoms with Gasteiger partial charge in [0.1, 0.15) is 0 Å². The van der Waals surface area contributed by atoms with Crippen LogP contribution >= 0.6 is 23.5 Å². The van der Waals surface area contributed by atoms with Crippen LogP contribution in [0.5, 0.6) is 0 Å². The fraction of sp³-hybridized carbons (Fsp3) is 0.360. The zero-order valence-electron chi connectivity index (χ0n) is 19.0. The third kappa shape index (κ3) is 6.26. The fourth-order valence-electron chi connectivity index (χ4n) is 3.97. The maximum absolute atomic E-state index is 12.4. The van der Waals surface area contributed by atoms with Crippen LogP contribution in [0.25, 0.3) is 11.4 Å². The van der Waals surface area contributed by atoms with Gasteiger partial charge >= 0.3 is 0 Å². The number of rotatable bonds is 8. The number of nitrogens with one attached hydrogen (secondary N) is 1. The maximum atomic E-state index is 12.4. The smallest absolute Gasteiger partial charge is 0.250 e. The number of carbonyl (C=O) groups is 1. The van der Waals surface area contributed by atoms with Crippen molar-refractivity contribution in [2.45, 2.75) is 55.1 Å². The van der Waals surface area contributed by atoms with Gasteiger partial charge in [-0.05, 0) is 43.7 Å². The number of benzene rings is 2. The van der Waals surface area contributed by atoms with Crippen molar-refractivity contribution >= 4 is 35.6 Å². The van der Waals surface area contributed by atoms with Crippen molar-refractivity contribution in [3.63, 3.8) is 0 Å². The van der Waals surface area contributed by atoms with Gasteiger partial charge in [0.2, 0.25) is 0 Å². The van der Waals surface area contributed by atoms with Crippen LogP contribution in [0.3, 0.4) is 0 Å². The predicted octanol–water partition coefficient (Wildman–Crippen LogP) is 5.72. The normalized spacial score (nSPS) is 14.6. The van der Waals surface area contributed by atoms with Crippen LogP contribution < -0.4 is 5.43 Å². The predicted molar refractivity (Wildman–Crippen MR) is 137 cm³/mol. The molecule has 0 bridgehead atoms. The first-order chi connectivity index (χ1) is 16.1. The van der Waals surface area contributed by atoms with Crippen molar-refractivity contribution in [2.75, 3.05) is 12.0 Å². The summed E-state index contributed by atoms with van der Waals surface area (Å²) in [6.45, 7) is 2.08. The number of amides is 1. The van der Waals surface area contributed by atoms with Crippen LogP contribution in [-0.2, 0) is 4.79 Å². The van der Waals surface area contributed by atoms with E-state index in [9.17, 15) is 4.79 Å². The van der Waals surface area contributed by atoms with Gasteiger partial charge in [0, 0.05) is 16.5 Å². The summed E-state index contributed by atoms with van der Waals surface area (Å²) in [6.07, 6.45) is 9.65. The second-order valence-corrected chi connectivity index (χ2v) is 10.0. The van der Waals surface area contributed by atoms with Gasteiger partial charge in [0.25, 0.3) is 5.91 Å². The van der Waals surface area contributed by atoms with Crippen LogP contribution in [0.15, 0.2) is 63.7 Å². The van der Waals surface area contributed by atoms with Gasteiger partial charge in [0.05, 0.1) is 12.0 Å². The minimum Gasteiger partial charge on any atom is -0.299 e. The Balaban J connectivity index is 1.42. The Kier molecular flexibility index (Phi) is 8.23. The third-order valence-electron chi connectivity index (χ3n) is 5.77. The van der Waals surface area contributed by atoms with Crippen molar-refractivity contribution in [2.24, 2.45) is 5.10 Å². The minimum absolute atomic E-state index is 0.160. The van der Waals surface area contributed by atoms with Crippen molar-refractivity contribution in [1.82, 2.24) is 20.2 Å². The van der Waals surface area contributed by atoms with Crippen LogP contribution in [0.2, 0.25) is 0 Å². The Morgan fingerprint density at radius 1 is 1.09 bits per heavy atom. The lowest BCUT2D eigenvalue weighted by Gasteiger charge is -2.25. The topological polar surface area (TPSA) is 72.2 Å². The Hall–Kier alpha value is -2.58. The molecule has 4 rings (SSSR count). The Morgan fingerprint density at radius 3 is 2.52 bits per heavy atom. The molecular formula is C25H29N5OS2. The van der Waals surface area contributed by atoms with E-state index < -0.39 is 0 Å². The van der Waals surface area contributed by atoms with Gasteiger partial charge in [-0.25, -0.2) is 5.43 Å². The minimum atomic E-state index is -0.160. The molecule has 1 amide bonds. The van der Waals surface area contributed by atoms with E-state index >= 15 is 0 Å². The first kappa shape index (κ1) is 23.6. The molecule has 0 unspecified atom stereocenters. The number of hydrogen-bond acceptors (Lipinski definition) is 6. The highest BCUT2D eigenvalue weighted by atomic mass is 32.2. The Morgan fingerprint density at radius 2 is 1.82 bits per heavy atom. The van der Waals surface area contributed by atoms with Gasteiger partial charge in [-0.1, -0.05) is 73.0 Å². The second kappa shape index (κ2) is 11.5. The largest absolute Gasteiger partial charge is 0.299 e. The molecule has 1 heterocycles. The molecular weight excluding hydrogens is 450 g/mol. The summed E-state index contributed by atoms with van der Waals surface area (Å²) in [4.78, 5) is 13.6. The lowest BCUT2D eigenvalue weighted by atomic mass is 9.95. The van der Waals surface area contributed by atoms with Crippen LogP contribution in [-0.4, -0.2) is 38.9 Å². The number of nitrogens with zero attached hydrogens (tertiary/aromatic N) is 4. The van der Waals surface area contributed by atoms with Crippen LogP contribution in [0.4, 0.5) is 0 Å². The number of aromatic nitrogens is 3. The molecule has 6 nitrogen and oxygen atoms in total. The molecule has 0 radical (unpaired) electrons. The summed E-state index contributed by atoms with van der Waals surface area (Å²) in [6, 6.07) is 16.8. The molecule has 1 N–H and O–H groups in total. The highest BCUT2D eigenvalue weighted by Crippen LogP contribution is 2.35. The molecule has 1 fully saturated rings. The van der Waals surface area contributed by atoms with Gasteiger partial charge in [-0.2, -0.15) is 5.10 Å². The molecule has 2 aromatic carbocycles. The quantitative estimate of drug-likeness (QED) is 0.254. The highest BCUT2D eigenvalue weighted by Gasteiger charge is 2.24. The average molecular weight is 480 g/mol. The molecule has 0 saturated heterocycles. The molecule has 1 aliphatic carbocycles. The van der Waals surface area contributed by atoms with Crippen molar-refractivity contribution in [1.29, 1.82) is 0 Å². The van der Waals surface area contributed by atoms with E-state index in [4.69, 9.17) is 0 Å². The van der Waals surface area contributed by atoms with E-state index in [1.165, 1.54) is 41.5 Å². The van der Waals surface area contributed by atoms with Crippen molar-refractivity contribution < 1.29 is 4.79 Å². The van der Waals surface area contributed by atoms with Crippen LogP contribution in [0, 0.1) is 6.92 Å². The number of hydrogen-bond donors (Lipinski definition) is 1.